The number of nitrogens with zero attached hydrogens (tertiary/aromatic N) is 5. The summed E-state index contributed by atoms with van der Waals surface area (Å²) < 4.78 is 1.97. The normalized spacial score (nSPS) is 21.3. The molecule has 5 heteroatoms. The number of aryl methyl sites for hydroxylation is 1. The Labute approximate surface area is 102 Å². The first-order valence-corrected chi connectivity index (χ1v) is 6.32. The van der Waals surface area contributed by atoms with Gasteiger partial charge in [-0.3, -0.25) is 4.90 Å². The minimum absolute atomic E-state index is 0.186. The second-order valence-electron chi connectivity index (χ2n) is 4.60. The van der Waals surface area contributed by atoms with E-state index in [9.17, 15) is 0 Å². The predicted octanol–water partition coefficient (Wildman–Crippen LogP) is 1.42. The zero-order chi connectivity index (χ0) is 12.1. The van der Waals surface area contributed by atoms with Crippen molar-refractivity contribution in [2.75, 3.05) is 13.1 Å². The van der Waals surface area contributed by atoms with E-state index in [1.165, 1.54) is 0 Å². The molecular formula is C12H19N5. The van der Waals surface area contributed by atoms with Crippen LogP contribution in [0.5, 0.6) is 0 Å². The summed E-state index contributed by atoms with van der Waals surface area (Å²) in [6.45, 7) is 5.81. The van der Waals surface area contributed by atoms with Crippen molar-refractivity contribution in [3.05, 3.63) is 12.2 Å². The summed E-state index contributed by atoms with van der Waals surface area (Å²) in [7, 11) is 0. The minimum atomic E-state index is 0.186. The van der Waals surface area contributed by atoms with Crippen LogP contribution >= 0.6 is 0 Å². The molecule has 0 bridgehead atoms. The van der Waals surface area contributed by atoms with Crippen LogP contribution in [-0.4, -0.2) is 32.8 Å². The van der Waals surface area contributed by atoms with Gasteiger partial charge in [0.05, 0.1) is 18.5 Å². The van der Waals surface area contributed by atoms with Crippen LogP contribution < -0.4 is 0 Å². The Morgan fingerprint density at radius 3 is 3.24 bits per heavy atom. The maximum atomic E-state index is 8.96. The van der Waals surface area contributed by atoms with Gasteiger partial charge in [0.1, 0.15) is 12.2 Å². The van der Waals surface area contributed by atoms with Crippen LogP contribution in [-0.2, 0) is 13.1 Å². The van der Waals surface area contributed by atoms with Crippen molar-refractivity contribution < 1.29 is 0 Å². The van der Waals surface area contributed by atoms with Gasteiger partial charge in [0, 0.05) is 13.1 Å². The summed E-state index contributed by atoms with van der Waals surface area (Å²) in [5, 5.41) is 13.2. The summed E-state index contributed by atoms with van der Waals surface area (Å²) in [6, 6.07) is 2.37. The third-order valence-corrected chi connectivity index (χ3v) is 3.18. The summed E-state index contributed by atoms with van der Waals surface area (Å²) in [5.74, 6) is 1.21. The van der Waals surface area contributed by atoms with Crippen molar-refractivity contribution in [1.82, 2.24) is 19.7 Å². The smallest absolute Gasteiger partial charge is 0.141 e. The summed E-state index contributed by atoms with van der Waals surface area (Å²) in [4.78, 5) is 6.62. The highest BCUT2D eigenvalue weighted by molar-refractivity contribution is 4.91. The van der Waals surface area contributed by atoms with Gasteiger partial charge in [0.15, 0.2) is 0 Å². The van der Waals surface area contributed by atoms with Gasteiger partial charge in [0.2, 0.25) is 0 Å². The van der Waals surface area contributed by atoms with E-state index in [2.05, 4.69) is 28.0 Å². The average Bonchev–Trinajstić information content (AvgIpc) is 2.78. The Morgan fingerprint density at radius 1 is 1.59 bits per heavy atom. The number of hydrogen-bond acceptors (Lipinski definition) is 4. The Morgan fingerprint density at radius 2 is 2.47 bits per heavy atom. The standard InChI is InChI=1S/C12H19N5/c1-2-5-17-12(14-10-15-17)9-16-6-3-4-11(7-13)8-16/h10-11H,2-6,8-9H2,1H3. The lowest BCUT2D eigenvalue weighted by Crippen LogP contribution is -2.35. The molecule has 0 saturated carbocycles. The van der Waals surface area contributed by atoms with Gasteiger partial charge in [-0.25, -0.2) is 9.67 Å². The zero-order valence-electron chi connectivity index (χ0n) is 10.3. The SMILES string of the molecule is CCCn1ncnc1CN1CCCC(C#N)C1. The third-order valence-electron chi connectivity index (χ3n) is 3.18. The first-order valence-electron chi connectivity index (χ1n) is 6.32. The van der Waals surface area contributed by atoms with E-state index in [0.29, 0.717) is 0 Å². The van der Waals surface area contributed by atoms with Crippen molar-refractivity contribution in [3.63, 3.8) is 0 Å². The highest BCUT2D eigenvalue weighted by Gasteiger charge is 2.20. The van der Waals surface area contributed by atoms with Crippen molar-refractivity contribution in [2.45, 2.75) is 39.3 Å². The summed E-state index contributed by atoms with van der Waals surface area (Å²) >= 11 is 0. The van der Waals surface area contributed by atoms with Crippen LogP contribution in [0.2, 0.25) is 0 Å². The van der Waals surface area contributed by atoms with E-state index in [4.69, 9.17) is 5.26 Å². The van der Waals surface area contributed by atoms with Gasteiger partial charge in [-0.15, -0.1) is 0 Å². The first-order chi connectivity index (χ1) is 8.33. The van der Waals surface area contributed by atoms with Crippen molar-refractivity contribution in [2.24, 2.45) is 5.92 Å². The van der Waals surface area contributed by atoms with Crippen LogP contribution in [0.1, 0.15) is 32.0 Å². The minimum Gasteiger partial charge on any atom is -0.295 e. The van der Waals surface area contributed by atoms with E-state index in [0.717, 1.165) is 51.3 Å². The molecule has 1 atom stereocenters. The number of rotatable bonds is 4. The lowest BCUT2D eigenvalue weighted by atomic mass is 10.00. The predicted molar refractivity (Wildman–Crippen MR) is 63.9 cm³/mol. The molecular weight excluding hydrogens is 214 g/mol. The monoisotopic (exact) mass is 233 g/mol. The lowest BCUT2D eigenvalue weighted by molar-refractivity contribution is 0.185. The Bertz CT molecular complexity index is 392. The van der Waals surface area contributed by atoms with E-state index in [-0.39, 0.29) is 5.92 Å². The van der Waals surface area contributed by atoms with Crippen LogP contribution in [0.3, 0.4) is 0 Å². The second-order valence-corrected chi connectivity index (χ2v) is 4.60. The fourth-order valence-corrected chi connectivity index (χ4v) is 2.31. The molecule has 17 heavy (non-hydrogen) atoms. The lowest BCUT2D eigenvalue weighted by Gasteiger charge is -2.28. The molecule has 1 fully saturated rings. The summed E-state index contributed by atoms with van der Waals surface area (Å²) in [6.07, 6.45) is 4.84. The quantitative estimate of drug-likeness (QED) is 0.789. The largest absolute Gasteiger partial charge is 0.295 e. The molecule has 0 aromatic carbocycles. The number of hydrogen-bond donors (Lipinski definition) is 0. The molecule has 1 aromatic rings. The Hall–Kier alpha value is -1.41. The highest BCUT2D eigenvalue weighted by atomic mass is 15.3. The van der Waals surface area contributed by atoms with Crippen LogP contribution in [0, 0.1) is 17.2 Å². The van der Waals surface area contributed by atoms with Gasteiger partial charge >= 0.3 is 0 Å². The molecule has 0 aliphatic carbocycles. The summed E-state index contributed by atoms with van der Waals surface area (Å²) in [5.41, 5.74) is 0. The Kier molecular flexibility index (Phi) is 4.10. The molecule has 0 N–H and O–H groups in total. The molecule has 1 unspecified atom stereocenters. The number of nitriles is 1. The molecule has 1 aromatic heterocycles. The van der Waals surface area contributed by atoms with Gasteiger partial charge in [-0.05, 0) is 25.8 Å². The molecule has 0 radical (unpaired) electrons. The van der Waals surface area contributed by atoms with Crippen LogP contribution in [0.4, 0.5) is 0 Å². The maximum Gasteiger partial charge on any atom is 0.141 e. The van der Waals surface area contributed by atoms with Crippen molar-refractivity contribution in [1.29, 1.82) is 5.26 Å². The van der Waals surface area contributed by atoms with E-state index < -0.39 is 0 Å². The van der Waals surface area contributed by atoms with Crippen LogP contribution in [0.25, 0.3) is 0 Å². The van der Waals surface area contributed by atoms with Gasteiger partial charge in [-0.1, -0.05) is 6.92 Å². The molecule has 0 amide bonds. The average molecular weight is 233 g/mol. The van der Waals surface area contributed by atoms with Gasteiger partial charge in [-0.2, -0.15) is 10.4 Å². The maximum absolute atomic E-state index is 8.96. The van der Waals surface area contributed by atoms with Crippen molar-refractivity contribution >= 4 is 0 Å². The van der Waals surface area contributed by atoms with E-state index in [1.54, 1.807) is 6.33 Å². The fourth-order valence-electron chi connectivity index (χ4n) is 2.31. The highest BCUT2D eigenvalue weighted by Crippen LogP contribution is 2.17. The molecule has 1 saturated heterocycles. The second kappa shape index (κ2) is 5.78. The van der Waals surface area contributed by atoms with E-state index in [1.807, 2.05) is 4.68 Å². The molecule has 92 valence electrons. The number of piperidine rings is 1. The van der Waals surface area contributed by atoms with Crippen LogP contribution in [0.15, 0.2) is 6.33 Å². The third kappa shape index (κ3) is 3.04. The fraction of sp³-hybridized carbons (Fsp3) is 0.750. The van der Waals surface area contributed by atoms with Gasteiger partial charge < -0.3 is 0 Å². The molecule has 1 aliphatic heterocycles. The number of aromatic nitrogens is 3. The number of likely N-dealkylation sites (tertiary alicyclic amines) is 1. The molecule has 2 rings (SSSR count). The van der Waals surface area contributed by atoms with E-state index >= 15 is 0 Å². The molecule has 1 aliphatic rings. The Balaban J connectivity index is 1.95. The van der Waals surface area contributed by atoms with Gasteiger partial charge in [0.25, 0.3) is 0 Å². The molecule has 2 heterocycles. The van der Waals surface area contributed by atoms with Crippen molar-refractivity contribution in [3.8, 4) is 6.07 Å². The first kappa shape index (κ1) is 12.1. The topological polar surface area (TPSA) is 57.7 Å². The molecule has 0 spiro atoms. The molecule has 5 nitrogen and oxygen atoms in total. The zero-order valence-corrected chi connectivity index (χ0v) is 10.3.